The predicted molar refractivity (Wildman–Crippen MR) is 67.0 cm³/mol. The maximum Gasteiger partial charge on any atom is 0.269 e. The highest BCUT2D eigenvalue weighted by atomic mass is 19.1. The molecule has 1 atom stereocenters. The van der Waals surface area contributed by atoms with Gasteiger partial charge in [0.2, 0.25) is 5.67 Å². The van der Waals surface area contributed by atoms with Gasteiger partial charge in [-0.3, -0.25) is 10.1 Å². The molecule has 2 aromatic rings. The van der Waals surface area contributed by atoms with Crippen molar-refractivity contribution >= 4 is 5.69 Å². The number of alkyl halides is 1. The molecule has 2 aromatic carbocycles. The Kier molecular flexibility index (Phi) is 3.44. The van der Waals surface area contributed by atoms with E-state index in [0.29, 0.717) is 0 Å². The van der Waals surface area contributed by atoms with Gasteiger partial charge in [-0.2, -0.15) is 5.26 Å². The van der Waals surface area contributed by atoms with E-state index in [1.165, 1.54) is 30.3 Å². The number of rotatable bonds is 3. The molecule has 0 aliphatic rings. The first kappa shape index (κ1) is 13.6. The lowest BCUT2D eigenvalue weighted by molar-refractivity contribution is -0.384. The van der Waals surface area contributed by atoms with E-state index in [9.17, 15) is 18.9 Å². The van der Waals surface area contributed by atoms with Crippen LogP contribution < -0.4 is 0 Å². The molecule has 0 aliphatic carbocycles. The molecule has 0 heterocycles. The molecule has 0 saturated heterocycles. The van der Waals surface area contributed by atoms with E-state index in [1.54, 1.807) is 0 Å². The average molecular weight is 274 g/mol. The first-order valence-corrected chi connectivity index (χ1v) is 5.58. The van der Waals surface area contributed by atoms with Crippen LogP contribution in [0.2, 0.25) is 0 Å². The van der Waals surface area contributed by atoms with Crippen LogP contribution in [0.25, 0.3) is 0 Å². The van der Waals surface area contributed by atoms with E-state index < -0.39 is 16.4 Å². The molecule has 100 valence electrons. The van der Waals surface area contributed by atoms with Crippen molar-refractivity contribution < 1.29 is 13.7 Å². The molecule has 4 nitrogen and oxygen atoms in total. The van der Waals surface area contributed by atoms with Crippen LogP contribution in [0.3, 0.4) is 0 Å². The van der Waals surface area contributed by atoms with Crippen molar-refractivity contribution in [3.05, 3.63) is 75.6 Å². The number of halogens is 2. The Labute approximate surface area is 113 Å². The summed E-state index contributed by atoms with van der Waals surface area (Å²) in [5.41, 5.74) is -2.76. The number of non-ortho nitro benzene ring substituents is 1. The molecular formula is C14H8F2N2O2. The molecule has 0 N–H and O–H groups in total. The fraction of sp³-hybridized carbons (Fsp3) is 0.0714. The Hall–Kier alpha value is -2.81. The molecule has 0 spiro atoms. The minimum Gasteiger partial charge on any atom is -0.258 e. The highest BCUT2D eigenvalue weighted by molar-refractivity contribution is 5.45. The van der Waals surface area contributed by atoms with Crippen molar-refractivity contribution in [2.75, 3.05) is 0 Å². The highest BCUT2D eigenvalue weighted by Crippen LogP contribution is 2.34. The first-order chi connectivity index (χ1) is 9.47. The van der Waals surface area contributed by atoms with Crippen molar-refractivity contribution in [2.45, 2.75) is 5.67 Å². The third-order valence-corrected chi connectivity index (χ3v) is 2.87. The van der Waals surface area contributed by atoms with Gasteiger partial charge in [-0.1, -0.05) is 12.1 Å². The van der Waals surface area contributed by atoms with Crippen LogP contribution in [-0.4, -0.2) is 4.92 Å². The van der Waals surface area contributed by atoms with Gasteiger partial charge in [-0.15, -0.1) is 0 Å². The van der Waals surface area contributed by atoms with Crippen LogP contribution in [0.1, 0.15) is 11.1 Å². The number of nitro benzene ring substituents is 1. The van der Waals surface area contributed by atoms with E-state index in [-0.39, 0.29) is 16.8 Å². The van der Waals surface area contributed by atoms with Gasteiger partial charge in [-0.05, 0) is 24.3 Å². The minimum atomic E-state index is -2.48. The maximum absolute atomic E-state index is 14.8. The third kappa shape index (κ3) is 2.34. The third-order valence-electron chi connectivity index (χ3n) is 2.87. The maximum atomic E-state index is 14.8. The minimum absolute atomic E-state index is 0.0322. The molecule has 20 heavy (non-hydrogen) atoms. The van der Waals surface area contributed by atoms with Crippen molar-refractivity contribution in [2.24, 2.45) is 0 Å². The SMILES string of the molecule is N#CC(F)(c1ccc(F)cc1)c1ccc([N+](=O)[O-])cc1. The van der Waals surface area contributed by atoms with E-state index in [1.807, 2.05) is 0 Å². The Morgan fingerprint density at radius 2 is 1.50 bits per heavy atom. The molecular weight excluding hydrogens is 266 g/mol. The average Bonchev–Trinajstić information content (AvgIpc) is 2.47. The standard InChI is InChI=1S/C14H8F2N2O2/c15-12-5-1-10(2-6-12)14(16,9-17)11-3-7-13(8-4-11)18(19)20/h1-8H. The van der Waals surface area contributed by atoms with Crippen LogP contribution in [0.5, 0.6) is 0 Å². The summed E-state index contributed by atoms with van der Waals surface area (Å²) in [6, 6.07) is 10.5. The van der Waals surface area contributed by atoms with Gasteiger partial charge in [0.1, 0.15) is 11.9 Å². The van der Waals surface area contributed by atoms with Crippen LogP contribution in [0, 0.1) is 27.3 Å². The zero-order valence-electron chi connectivity index (χ0n) is 10.1. The van der Waals surface area contributed by atoms with E-state index >= 15 is 0 Å². The molecule has 0 saturated carbocycles. The van der Waals surface area contributed by atoms with E-state index in [0.717, 1.165) is 24.3 Å². The molecule has 0 fully saturated rings. The largest absolute Gasteiger partial charge is 0.269 e. The molecule has 6 heteroatoms. The monoisotopic (exact) mass is 274 g/mol. The molecule has 0 radical (unpaired) electrons. The van der Waals surface area contributed by atoms with Crippen LogP contribution in [-0.2, 0) is 5.67 Å². The first-order valence-electron chi connectivity index (χ1n) is 5.58. The predicted octanol–water partition coefficient (Wildman–Crippen LogP) is 3.47. The number of nitro groups is 1. The Morgan fingerprint density at radius 1 is 1.05 bits per heavy atom. The van der Waals surface area contributed by atoms with Gasteiger partial charge in [0.15, 0.2) is 0 Å². The van der Waals surface area contributed by atoms with E-state index in [4.69, 9.17) is 5.26 Å². The Balaban J connectivity index is 2.48. The summed E-state index contributed by atoms with van der Waals surface area (Å²) in [7, 11) is 0. The second-order valence-electron chi connectivity index (χ2n) is 4.08. The number of nitrogens with zero attached hydrogens (tertiary/aromatic N) is 2. The van der Waals surface area contributed by atoms with Gasteiger partial charge in [0.05, 0.1) is 4.92 Å². The van der Waals surface area contributed by atoms with Crippen molar-refractivity contribution in [1.82, 2.24) is 0 Å². The fourth-order valence-electron chi connectivity index (χ4n) is 1.79. The van der Waals surface area contributed by atoms with Gasteiger partial charge >= 0.3 is 0 Å². The van der Waals surface area contributed by atoms with Gasteiger partial charge in [0, 0.05) is 23.3 Å². The summed E-state index contributed by atoms with van der Waals surface area (Å²) in [4.78, 5) is 9.93. The fourth-order valence-corrected chi connectivity index (χ4v) is 1.79. The summed E-state index contributed by atoms with van der Waals surface area (Å²) < 4.78 is 27.6. The number of nitriles is 1. The van der Waals surface area contributed by atoms with Crippen molar-refractivity contribution in [3.8, 4) is 6.07 Å². The lowest BCUT2D eigenvalue weighted by Gasteiger charge is -2.18. The second kappa shape index (κ2) is 5.05. The molecule has 0 amide bonds. The molecule has 1 unspecified atom stereocenters. The lowest BCUT2D eigenvalue weighted by Crippen LogP contribution is -2.19. The topological polar surface area (TPSA) is 66.9 Å². The molecule has 0 aliphatic heterocycles. The van der Waals surface area contributed by atoms with Crippen LogP contribution in [0.15, 0.2) is 48.5 Å². The zero-order chi connectivity index (χ0) is 14.8. The quantitative estimate of drug-likeness (QED) is 0.635. The zero-order valence-corrected chi connectivity index (χ0v) is 10.1. The van der Waals surface area contributed by atoms with Gasteiger partial charge in [0.25, 0.3) is 5.69 Å². The van der Waals surface area contributed by atoms with Crippen LogP contribution >= 0.6 is 0 Å². The summed E-state index contributed by atoms with van der Waals surface area (Å²) >= 11 is 0. The smallest absolute Gasteiger partial charge is 0.258 e. The summed E-state index contributed by atoms with van der Waals surface area (Å²) in [6.45, 7) is 0. The Bertz CT molecular complexity index is 678. The van der Waals surface area contributed by atoms with E-state index in [2.05, 4.69) is 0 Å². The number of benzene rings is 2. The molecule has 0 aromatic heterocycles. The second-order valence-corrected chi connectivity index (χ2v) is 4.08. The summed E-state index contributed by atoms with van der Waals surface area (Å²) in [5, 5.41) is 19.6. The summed E-state index contributed by atoms with van der Waals surface area (Å²) in [6.07, 6.45) is 0. The molecule has 0 bridgehead atoms. The number of hydrogen-bond donors (Lipinski definition) is 0. The number of hydrogen-bond acceptors (Lipinski definition) is 3. The van der Waals surface area contributed by atoms with Crippen molar-refractivity contribution in [3.63, 3.8) is 0 Å². The summed E-state index contributed by atoms with van der Waals surface area (Å²) in [5.74, 6) is -0.544. The van der Waals surface area contributed by atoms with Gasteiger partial charge in [-0.25, -0.2) is 8.78 Å². The van der Waals surface area contributed by atoms with Crippen LogP contribution in [0.4, 0.5) is 14.5 Å². The lowest BCUT2D eigenvalue weighted by atomic mass is 9.89. The normalized spacial score (nSPS) is 13.2. The van der Waals surface area contributed by atoms with Crippen molar-refractivity contribution in [1.29, 1.82) is 5.26 Å². The Morgan fingerprint density at radius 3 is 1.90 bits per heavy atom. The van der Waals surface area contributed by atoms with Gasteiger partial charge < -0.3 is 0 Å². The highest BCUT2D eigenvalue weighted by Gasteiger charge is 2.34. The molecule has 2 rings (SSSR count).